The molecular formula is C21H16F2N2O2. The van der Waals surface area contributed by atoms with Crippen LogP contribution in [0.3, 0.4) is 0 Å². The predicted molar refractivity (Wildman–Crippen MR) is 98.4 cm³/mol. The summed E-state index contributed by atoms with van der Waals surface area (Å²) in [5.74, 6) is -2.54. The third-order valence-corrected chi connectivity index (χ3v) is 3.86. The highest BCUT2D eigenvalue weighted by atomic mass is 19.1. The van der Waals surface area contributed by atoms with Crippen LogP contribution in [0.1, 0.15) is 26.3 Å². The summed E-state index contributed by atoms with van der Waals surface area (Å²) in [6, 6.07) is 18.3. The van der Waals surface area contributed by atoms with Crippen LogP contribution in [0.15, 0.2) is 72.8 Å². The highest BCUT2D eigenvalue weighted by Crippen LogP contribution is 2.16. The summed E-state index contributed by atoms with van der Waals surface area (Å²) in [4.78, 5) is 24.6. The summed E-state index contributed by atoms with van der Waals surface area (Å²) in [7, 11) is 0. The van der Waals surface area contributed by atoms with Gasteiger partial charge in [0.1, 0.15) is 11.6 Å². The van der Waals surface area contributed by atoms with Crippen molar-refractivity contribution in [3.63, 3.8) is 0 Å². The molecule has 0 aliphatic heterocycles. The molecule has 136 valence electrons. The fourth-order valence-electron chi connectivity index (χ4n) is 2.47. The van der Waals surface area contributed by atoms with E-state index in [0.717, 1.165) is 17.7 Å². The molecule has 0 aliphatic rings. The number of amides is 2. The largest absolute Gasteiger partial charge is 0.348 e. The number of nitrogens with one attached hydrogen (secondary N) is 2. The van der Waals surface area contributed by atoms with Gasteiger partial charge in [-0.3, -0.25) is 9.59 Å². The molecule has 4 nitrogen and oxygen atoms in total. The molecule has 3 aromatic rings. The molecule has 0 atom stereocenters. The molecule has 0 fully saturated rings. The van der Waals surface area contributed by atoms with Gasteiger partial charge in [0.2, 0.25) is 0 Å². The summed E-state index contributed by atoms with van der Waals surface area (Å²) < 4.78 is 26.6. The number of hydrogen-bond acceptors (Lipinski definition) is 2. The quantitative estimate of drug-likeness (QED) is 0.713. The third-order valence-electron chi connectivity index (χ3n) is 3.86. The Hall–Kier alpha value is -3.54. The molecular weight excluding hydrogens is 350 g/mol. The number of halogens is 2. The molecule has 2 N–H and O–H groups in total. The van der Waals surface area contributed by atoms with Crippen molar-refractivity contribution < 1.29 is 18.4 Å². The van der Waals surface area contributed by atoms with Gasteiger partial charge < -0.3 is 10.6 Å². The van der Waals surface area contributed by atoms with E-state index in [9.17, 15) is 18.4 Å². The number of carbonyl (C=O) groups excluding carboxylic acids is 2. The maximum atomic E-state index is 13.7. The van der Waals surface area contributed by atoms with Gasteiger partial charge >= 0.3 is 0 Å². The smallest absolute Gasteiger partial charge is 0.255 e. The molecule has 0 aliphatic carbocycles. The molecule has 0 aromatic heterocycles. The second-order valence-corrected chi connectivity index (χ2v) is 5.83. The summed E-state index contributed by atoms with van der Waals surface area (Å²) in [6.45, 7) is 0.358. The van der Waals surface area contributed by atoms with Gasteiger partial charge in [-0.2, -0.15) is 0 Å². The molecule has 0 bridgehead atoms. The molecule has 0 heterocycles. The molecule has 0 saturated carbocycles. The van der Waals surface area contributed by atoms with E-state index in [1.165, 1.54) is 12.1 Å². The van der Waals surface area contributed by atoms with Crippen molar-refractivity contribution in [3.8, 4) is 0 Å². The van der Waals surface area contributed by atoms with Crippen LogP contribution >= 0.6 is 0 Å². The van der Waals surface area contributed by atoms with Crippen LogP contribution in [-0.2, 0) is 6.54 Å². The fraction of sp³-hybridized carbons (Fsp3) is 0.0476. The molecule has 6 heteroatoms. The third kappa shape index (κ3) is 4.76. The molecule has 3 rings (SSSR count). The van der Waals surface area contributed by atoms with Crippen molar-refractivity contribution in [2.24, 2.45) is 0 Å². The molecule has 0 spiro atoms. The van der Waals surface area contributed by atoms with Crippen LogP contribution in [0.5, 0.6) is 0 Å². The number of rotatable bonds is 5. The molecule has 3 aromatic carbocycles. The highest BCUT2D eigenvalue weighted by Gasteiger charge is 2.13. The topological polar surface area (TPSA) is 58.2 Å². The van der Waals surface area contributed by atoms with Gasteiger partial charge in [0, 0.05) is 23.7 Å². The number of benzene rings is 3. The lowest BCUT2D eigenvalue weighted by Crippen LogP contribution is -2.23. The van der Waals surface area contributed by atoms with Gasteiger partial charge in [0.25, 0.3) is 11.8 Å². The Morgan fingerprint density at radius 3 is 2.19 bits per heavy atom. The minimum absolute atomic E-state index is 0.139. The Balaban J connectivity index is 1.68. The van der Waals surface area contributed by atoms with Crippen molar-refractivity contribution in [3.05, 3.63) is 101 Å². The maximum absolute atomic E-state index is 13.7. The van der Waals surface area contributed by atoms with Gasteiger partial charge in [-0.15, -0.1) is 0 Å². The van der Waals surface area contributed by atoms with E-state index in [-0.39, 0.29) is 17.2 Å². The molecule has 0 unspecified atom stereocenters. The molecule has 0 saturated heterocycles. The summed E-state index contributed by atoms with van der Waals surface area (Å²) in [5.41, 5.74) is 1.30. The predicted octanol–water partition coefficient (Wildman–Crippen LogP) is 4.15. The summed E-state index contributed by atoms with van der Waals surface area (Å²) in [5, 5.41) is 5.14. The van der Waals surface area contributed by atoms with Crippen LogP contribution in [0.25, 0.3) is 0 Å². The standard InChI is InChI=1S/C21H16F2N2O2/c22-17-9-10-19(18(23)12-17)25-21(27)16-8-4-7-15(11-16)20(26)24-13-14-5-2-1-3-6-14/h1-12H,13H2,(H,24,26)(H,25,27). The van der Waals surface area contributed by atoms with Crippen LogP contribution in [0, 0.1) is 11.6 Å². The lowest BCUT2D eigenvalue weighted by molar-refractivity contribution is 0.0951. The zero-order valence-electron chi connectivity index (χ0n) is 14.2. The number of carbonyl (C=O) groups is 2. The summed E-state index contributed by atoms with van der Waals surface area (Å²) >= 11 is 0. The van der Waals surface area contributed by atoms with Crippen molar-refractivity contribution in [1.29, 1.82) is 0 Å². The van der Waals surface area contributed by atoms with E-state index < -0.39 is 17.5 Å². The maximum Gasteiger partial charge on any atom is 0.255 e. The zero-order valence-corrected chi connectivity index (χ0v) is 14.2. The normalized spacial score (nSPS) is 10.3. The second kappa shape index (κ2) is 8.23. The van der Waals surface area contributed by atoms with Gasteiger partial charge in [-0.05, 0) is 35.9 Å². The average Bonchev–Trinajstić information content (AvgIpc) is 2.69. The van der Waals surface area contributed by atoms with Gasteiger partial charge in [0.05, 0.1) is 5.69 Å². The van der Waals surface area contributed by atoms with Gasteiger partial charge in [-0.1, -0.05) is 36.4 Å². The van der Waals surface area contributed by atoms with Crippen LogP contribution in [-0.4, -0.2) is 11.8 Å². The van der Waals surface area contributed by atoms with E-state index in [1.807, 2.05) is 30.3 Å². The minimum atomic E-state index is -0.875. The first-order valence-corrected chi connectivity index (χ1v) is 8.21. The first-order valence-electron chi connectivity index (χ1n) is 8.21. The highest BCUT2D eigenvalue weighted by molar-refractivity contribution is 6.06. The molecule has 0 radical (unpaired) electrons. The van der Waals surface area contributed by atoms with Crippen LogP contribution in [0.4, 0.5) is 14.5 Å². The Morgan fingerprint density at radius 1 is 0.778 bits per heavy atom. The van der Waals surface area contributed by atoms with E-state index >= 15 is 0 Å². The lowest BCUT2D eigenvalue weighted by Gasteiger charge is -2.09. The number of hydrogen-bond donors (Lipinski definition) is 2. The Kier molecular flexibility index (Phi) is 5.56. The van der Waals surface area contributed by atoms with E-state index in [2.05, 4.69) is 10.6 Å². The second-order valence-electron chi connectivity index (χ2n) is 5.83. The Labute approximate surface area is 154 Å². The Bertz CT molecular complexity index is 975. The monoisotopic (exact) mass is 366 g/mol. The summed E-state index contributed by atoms with van der Waals surface area (Å²) in [6.07, 6.45) is 0. The lowest BCUT2D eigenvalue weighted by atomic mass is 10.1. The first kappa shape index (κ1) is 18.3. The Morgan fingerprint density at radius 2 is 1.48 bits per heavy atom. The van der Waals surface area contributed by atoms with Crippen molar-refractivity contribution >= 4 is 17.5 Å². The van der Waals surface area contributed by atoms with Crippen LogP contribution in [0.2, 0.25) is 0 Å². The van der Waals surface area contributed by atoms with Gasteiger partial charge in [0.15, 0.2) is 0 Å². The zero-order chi connectivity index (χ0) is 19.2. The molecule has 27 heavy (non-hydrogen) atoms. The van der Waals surface area contributed by atoms with E-state index in [1.54, 1.807) is 12.1 Å². The van der Waals surface area contributed by atoms with E-state index in [0.29, 0.717) is 18.2 Å². The van der Waals surface area contributed by atoms with Crippen molar-refractivity contribution in [2.45, 2.75) is 6.54 Å². The fourth-order valence-corrected chi connectivity index (χ4v) is 2.47. The first-order chi connectivity index (χ1) is 13.0. The van der Waals surface area contributed by atoms with Crippen LogP contribution < -0.4 is 10.6 Å². The minimum Gasteiger partial charge on any atom is -0.348 e. The number of anilines is 1. The average molecular weight is 366 g/mol. The van der Waals surface area contributed by atoms with Crippen molar-refractivity contribution in [2.75, 3.05) is 5.32 Å². The van der Waals surface area contributed by atoms with E-state index in [4.69, 9.17) is 0 Å². The SMILES string of the molecule is O=C(NCc1ccccc1)c1cccc(C(=O)Nc2ccc(F)cc2F)c1. The molecule has 2 amide bonds. The van der Waals surface area contributed by atoms with Crippen molar-refractivity contribution in [1.82, 2.24) is 5.32 Å². The van der Waals surface area contributed by atoms with Gasteiger partial charge in [-0.25, -0.2) is 8.78 Å².